The van der Waals surface area contributed by atoms with Crippen LogP contribution in [0.3, 0.4) is 0 Å². The fourth-order valence-electron chi connectivity index (χ4n) is 6.08. The third-order valence-electron chi connectivity index (χ3n) is 8.37. The van der Waals surface area contributed by atoms with Crippen LogP contribution in [0.25, 0.3) is 11.3 Å². The second-order valence-electron chi connectivity index (χ2n) is 12.9. The zero-order chi connectivity index (χ0) is 31.2. The maximum atomic E-state index is 14.3. The highest BCUT2D eigenvalue weighted by Crippen LogP contribution is 2.36. The zero-order valence-electron chi connectivity index (χ0n) is 25.1. The molecule has 12 heteroatoms. The van der Waals surface area contributed by atoms with Crippen LogP contribution >= 0.6 is 0 Å². The molecule has 43 heavy (non-hydrogen) atoms. The smallest absolute Gasteiger partial charge is 0.274 e. The van der Waals surface area contributed by atoms with Gasteiger partial charge in [0.15, 0.2) is 17.3 Å². The van der Waals surface area contributed by atoms with E-state index in [-0.39, 0.29) is 35.4 Å². The van der Waals surface area contributed by atoms with Gasteiger partial charge >= 0.3 is 0 Å². The van der Waals surface area contributed by atoms with E-state index in [1.807, 2.05) is 40.7 Å². The Balaban J connectivity index is 1.32. The van der Waals surface area contributed by atoms with Crippen LogP contribution in [0.2, 0.25) is 0 Å². The molecule has 230 valence electrons. The van der Waals surface area contributed by atoms with E-state index in [1.165, 1.54) is 12.1 Å². The second-order valence-corrected chi connectivity index (χ2v) is 12.9. The Labute approximate surface area is 249 Å². The average molecular weight is 597 g/mol. The van der Waals surface area contributed by atoms with Crippen molar-refractivity contribution in [3.8, 4) is 11.3 Å². The number of hydrogen-bond acceptors (Lipinski definition) is 8. The minimum atomic E-state index is -0.902. The summed E-state index contributed by atoms with van der Waals surface area (Å²) in [5.74, 6) is -1.96. The van der Waals surface area contributed by atoms with Gasteiger partial charge in [-0.05, 0) is 78.5 Å². The number of halogens is 2. The molecule has 0 spiro atoms. The van der Waals surface area contributed by atoms with E-state index in [1.54, 1.807) is 0 Å². The molecule has 2 amide bonds. The normalized spacial score (nSPS) is 22.1. The SMILES string of the molecule is Cc1cc(C)nc(C(C)(C)NC(=O)CC2(NC(=O)c3cc(-c4ccc(F)cc4F)on3)CN(C3CCC(C)(O)CC3)C2)n1. The molecule has 3 aromatic rings. The van der Waals surface area contributed by atoms with Crippen molar-refractivity contribution in [1.29, 1.82) is 0 Å². The molecule has 3 N–H and O–H groups in total. The second kappa shape index (κ2) is 11.4. The van der Waals surface area contributed by atoms with E-state index in [0.29, 0.717) is 31.8 Å². The van der Waals surface area contributed by atoms with Crippen LogP contribution in [0.15, 0.2) is 34.9 Å². The van der Waals surface area contributed by atoms with Gasteiger partial charge in [-0.1, -0.05) is 5.16 Å². The van der Waals surface area contributed by atoms with Crippen LogP contribution in [0.1, 0.15) is 80.6 Å². The number of aryl methyl sites for hydroxylation is 2. The average Bonchev–Trinajstić information content (AvgIpc) is 3.36. The molecular weight excluding hydrogens is 558 g/mol. The van der Waals surface area contributed by atoms with Crippen LogP contribution in [0.5, 0.6) is 0 Å². The quantitative estimate of drug-likeness (QED) is 0.356. The van der Waals surface area contributed by atoms with Crippen molar-refractivity contribution in [3.63, 3.8) is 0 Å². The van der Waals surface area contributed by atoms with Gasteiger partial charge in [0.05, 0.1) is 28.7 Å². The molecule has 2 fully saturated rings. The van der Waals surface area contributed by atoms with Crippen molar-refractivity contribution >= 4 is 11.8 Å². The van der Waals surface area contributed by atoms with E-state index in [4.69, 9.17) is 4.52 Å². The van der Waals surface area contributed by atoms with Gasteiger partial charge in [0.1, 0.15) is 11.6 Å². The van der Waals surface area contributed by atoms with Gasteiger partial charge in [0, 0.05) is 42.7 Å². The fourth-order valence-corrected chi connectivity index (χ4v) is 6.08. The molecule has 1 saturated carbocycles. The Morgan fingerprint density at radius 1 is 1.09 bits per heavy atom. The number of carbonyl (C=O) groups excluding carboxylic acids is 2. The number of aliphatic hydroxyl groups is 1. The molecule has 0 unspecified atom stereocenters. The molecule has 1 aliphatic carbocycles. The van der Waals surface area contributed by atoms with Crippen molar-refractivity contribution in [3.05, 3.63) is 64.9 Å². The van der Waals surface area contributed by atoms with Gasteiger partial charge < -0.3 is 20.3 Å². The van der Waals surface area contributed by atoms with Crippen LogP contribution in [0, 0.1) is 25.5 Å². The third kappa shape index (κ3) is 6.91. The van der Waals surface area contributed by atoms with Crippen LogP contribution in [-0.2, 0) is 10.3 Å². The summed E-state index contributed by atoms with van der Waals surface area (Å²) in [6.45, 7) is 10.1. The van der Waals surface area contributed by atoms with E-state index in [2.05, 4.69) is 30.7 Å². The number of hydrogen-bond donors (Lipinski definition) is 3. The first-order valence-electron chi connectivity index (χ1n) is 14.5. The van der Waals surface area contributed by atoms with Crippen LogP contribution in [-0.4, -0.2) is 67.2 Å². The Morgan fingerprint density at radius 3 is 2.37 bits per heavy atom. The summed E-state index contributed by atoms with van der Waals surface area (Å²) in [6.07, 6.45) is 2.98. The Morgan fingerprint density at radius 2 is 1.74 bits per heavy atom. The standard InChI is InChI=1S/C31H38F2N6O4/c1-18-12-19(2)35-28(34-18)29(3,4)36-26(40)15-31(16-39(17-31)21-8-10-30(5,42)11-9-21)37-27(41)24-14-25(43-38-24)22-7-6-20(32)13-23(22)33/h6-7,12-14,21,42H,8-11,15-17H2,1-5H3,(H,36,40)(H,37,41). The molecule has 0 bridgehead atoms. The summed E-state index contributed by atoms with van der Waals surface area (Å²) in [5.41, 5.74) is -0.971. The third-order valence-corrected chi connectivity index (χ3v) is 8.37. The first-order valence-corrected chi connectivity index (χ1v) is 14.5. The highest BCUT2D eigenvalue weighted by Gasteiger charge is 2.49. The van der Waals surface area contributed by atoms with E-state index in [9.17, 15) is 23.5 Å². The van der Waals surface area contributed by atoms with Crippen molar-refractivity contribution in [2.24, 2.45) is 0 Å². The molecule has 2 aliphatic rings. The summed E-state index contributed by atoms with van der Waals surface area (Å²) in [7, 11) is 0. The molecule has 5 rings (SSSR count). The Bertz CT molecular complexity index is 1500. The number of aromatic nitrogens is 3. The molecule has 1 saturated heterocycles. The van der Waals surface area contributed by atoms with Gasteiger partial charge in [0.2, 0.25) is 5.91 Å². The molecule has 10 nitrogen and oxygen atoms in total. The summed E-state index contributed by atoms with van der Waals surface area (Å²) >= 11 is 0. The van der Waals surface area contributed by atoms with Gasteiger partial charge in [-0.25, -0.2) is 18.7 Å². The van der Waals surface area contributed by atoms with Gasteiger partial charge in [0.25, 0.3) is 5.91 Å². The zero-order valence-corrected chi connectivity index (χ0v) is 25.1. The summed E-state index contributed by atoms with van der Waals surface area (Å²) in [5, 5.41) is 20.2. The fraction of sp³-hybridized carbons (Fsp3) is 0.516. The predicted molar refractivity (Wildman–Crippen MR) is 154 cm³/mol. The van der Waals surface area contributed by atoms with Crippen molar-refractivity contribution in [2.75, 3.05) is 13.1 Å². The number of nitrogens with zero attached hydrogens (tertiary/aromatic N) is 4. The number of carbonyl (C=O) groups is 2. The van der Waals surface area contributed by atoms with Crippen LogP contribution in [0.4, 0.5) is 8.78 Å². The highest BCUT2D eigenvalue weighted by atomic mass is 19.1. The monoisotopic (exact) mass is 596 g/mol. The lowest BCUT2D eigenvalue weighted by atomic mass is 9.78. The molecule has 2 aromatic heterocycles. The molecule has 0 radical (unpaired) electrons. The topological polar surface area (TPSA) is 133 Å². The first-order chi connectivity index (χ1) is 20.1. The van der Waals surface area contributed by atoms with E-state index < -0.39 is 34.2 Å². The predicted octanol–water partition coefficient (Wildman–Crippen LogP) is 3.95. The largest absolute Gasteiger partial charge is 0.390 e. The molecule has 0 atom stereocenters. The van der Waals surface area contributed by atoms with E-state index in [0.717, 1.165) is 36.4 Å². The highest BCUT2D eigenvalue weighted by molar-refractivity contribution is 5.94. The van der Waals surface area contributed by atoms with Gasteiger partial charge in [-0.15, -0.1) is 0 Å². The van der Waals surface area contributed by atoms with Crippen molar-refractivity contribution < 1.29 is 28.0 Å². The Kier molecular flexibility index (Phi) is 8.12. The number of rotatable bonds is 8. The number of nitrogens with one attached hydrogen (secondary N) is 2. The molecule has 1 aromatic carbocycles. The number of likely N-dealkylation sites (tertiary alicyclic amines) is 1. The minimum Gasteiger partial charge on any atom is -0.390 e. The summed E-state index contributed by atoms with van der Waals surface area (Å²) < 4.78 is 32.9. The summed E-state index contributed by atoms with van der Waals surface area (Å²) in [4.78, 5) is 38.1. The first kappa shape index (κ1) is 30.7. The lowest BCUT2D eigenvalue weighted by Crippen LogP contribution is -2.73. The summed E-state index contributed by atoms with van der Waals surface area (Å²) in [6, 6.07) is 6.41. The van der Waals surface area contributed by atoms with Gasteiger partial charge in [-0.2, -0.15) is 0 Å². The van der Waals surface area contributed by atoms with Crippen molar-refractivity contribution in [1.82, 2.24) is 30.7 Å². The lowest BCUT2D eigenvalue weighted by Gasteiger charge is -2.54. The van der Waals surface area contributed by atoms with Crippen LogP contribution < -0.4 is 10.6 Å². The lowest BCUT2D eigenvalue weighted by molar-refractivity contribution is -0.127. The van der Waals surface area contributed by atoms with E-state index >= 15 is 0 Å². The number of amides is 2. The Hall–Kier alpha value is -3.77. The molecule has 1 aliphatic heterocycles. The maximum Gasteiger partial charge on any atom is 0.274 e. The van der Waals surface area contributed by atoms with Gasteiger partial charge in [-0.3, -0.25) is 14.5 Å². The number of benzene rings is 1. The minimum absolute atomic E-state index is 0.00873. The van der Waals surface area contributed by atoms with Crippen molar-refractivity contribution in [2.45, 2.75) is 89.4 Å². The molecule has 3 heterocycles. The maximum absolute atomic E-state index is 14.3. The molecular formula is C31H38F2N6O4.